The Balaban J connectivity index is 1.92. The van der Waals surface area contributed by atoms with E-state index in [0.29, 0.717) is 30.6 Å². The van der Waals surface area contributed by atoms with Crippen LogP contribution in [0.15, 0.2) is 15.7 Å². The zero-order chi connectivity index (χ0) is 20.9. The van der Waals surface area contributed by atoms with Gasteiger partial charge in [-0.1, -0.05) is 0 Å². The van der Waals surface area contributed by atoms with Gasteiger partial charge in [0.15, 0.2) is 11.6 Å². The Morgan fingerprint density at radius 3 is 2.38 bits per heavy atom. The third-order valence-corrected chi connectivity index (χ3v) is 6.21. The second-order valence-electron chi connectivity index (χ2n) is 8.00. The standard InChI is InChI=1S/C19H25FN4O5/c1-29-16-14-12(17(27)24(21)18(28)23(14)11-2-3-11)8-13(20)15(16)22-6-4-19(9-25,10-26)5-7-22/h8,11,25-26H,2-7,9-10,21H2,1H3. The van der Waals surface area contributed by atoms with Crippen LogP contribution in [0.2, 0.25) is 0 Å². The molecule has 1 aliphatic carbocycles. The highest BCUT2D eigenvalue weighted by atomic mass is 19.1. The van der Waals surface area contributed by atoms with Crippen LogP contribution in [0.3, 0.4) is 0 Å². The first-order chi connectivity index (χ1) is 13.9. The van der Waals surface area contributed by atoms with E-state index in [1.807, 2.05) is 0 Å². The number of piperidine rings is 1. The topological polar surface area (TPSA) is 123 Å². The summed E-state index contributed by atoms with van der Waals surface area (Å²) in [7, 11) is 1.38. The first kappa shape index (κ1) is 19.7. The largest absolute Gasteiger partial charge is 0.492 e. The number of halogens is 1. The van der Waals surface area contributed by atoms with E-state index in [1.165, 1.54) is 11.7 Å². The van der Waals surface area contributed by atoms with Gasteiger partial charge in [-0.05, 0) is 31.7 Å². The highest BCUT2D eigenvalue weighted by Gasteiger charge is 2.37. The second-order valence-corrected chi connectivity index (χ2v) is 8.00. The predicted molar refractivity (Wildman–Crippen MR) is 105 cm³/mol. The molecule has 1 saturated carbocycles. The molecule has 1 saturated heterocycles. The minimum absolute atomic E-state index is 0.00540. The number of aliphatic hydroxyl groups is 2. The third-order valence-electron chi connectivity index (χ3n) is 6.21. The molecule has 2 aromatic rings. The number of aromatic nitrogens is 2. The molecule has 1 aliphatic heterocycles. The molecule has 1 aromatic carbocycles. The maximum Gasteiger partial charge on any atom is 0.350 e. The molecule has 1 aromatic heterocycles. The summed E-state index contributed by atoms with van der Waals surface area (Å²) in [4.78, 5) is 27.0. The van der Waals surface area contributed by atoms with Gasteiger partial charge in [-0.3, -0.25) is 9.36 Å². The van der Waals surface area contributed by atoms with Crippen molar-refractivity contribution in [2.75, 3.05) is 44.2 Å². The van der Waals surface area contributed by atoms with Crippen LogP contribution >= 0.6 is 0 Å². The number of hydrogen-bond acceptors (Lipinski definition) is 7. The van der Waals surface area contributed by atoms with Gasteiger partial charge < -0.3 is 25.7 Å². The number of nitrogens with two attached hydrogens (primary N) is 1. The van der Waals surface area contributed by atoms with Crippen molar-refractivity contribution >= 4 is 16.6 Å². The zero-order valence-corrected chi connectivity index (χ0v) is 16.2. The molecule has 0 unspecified atom stereocenters. The molecule has 0 spiro atoms. The zero-order valence-electron chi connectivity index (χ0n) is 16.2. The lowest BCUT2D eigenvalue weighted by Gasteiger charge is -2.41. The van der Waals surface area contributed by atoms with E-state index in [-0.39, 0.29) is 41.6 Å². The van der Waals surface area contributed by atoms with Crippen molar-refractivity contribution in [3.63, 3.8) is 0 Å². The van der Waals surface area contributed by atoms with Crippen molar-refractivity contribution in [1.82, 2.24) is 9.24 Å². The summed E-state index contributed by atoms with van der Waals surface area (Å²) in [5, 5.41) is 19.2. The number of aliphatic hydroxyl groups excluding tert-OH is 2. The molecular formula is C19H25FN4O5. The molecule has 2 aliphatic rings. The van der Waals surface area contributed by atoms with Crippen molar-refractivity contribution in [2.24, 2.45) is 5.41 Å². The van der Waals surface area contributed by atoms with Crippen LogP contribution in [0.25, 0.3) is 10.9 Å². The number of hydrogen-bond donors (Lipinski definition) is 3. The van der Waals surface area contributed by atoms with Crippen LogP contribution in [0.5, 0.6) is 5.75 Å². The Morgan fingerprint density at radius 2 is 1.86 bits per heavy atom. The highest BCUT2D eigenvalue weighted by molar-refractivity contribution is 5.91. The monoisotopic (exact) mass is 408 g/mol. The predicted octanol–water partition coefficient (Wildman–Crippen LogP) is -0.0692. The maximum absolute atomic E-state index is 15.2. The lowest BCUT2D eigenvalue weighted by atomic mass is 9.80. The van der Waals surface area contributed by atoms with Gasteiger partial charge in [-0.25, -0.2) is 9.18 Å². The SMILES string of the molecule is COc1c(N2CCC(CO)(CO)CC2)c(F)cc2c(=O)n(N)c(=O)n(C3CC3)c12. The fourth-order valence-electron chi connectivity index (χ4n) is 4.17. The van der Waals surface area contributed by atoms with Gasteiger partial charge >= 0.3 is 5.69 Å². The van der Waals surface area contributed by atoms with E-state index in [4.69, 9.17) is 10.6 Å². The van der Waals surface area contributed by atoms with E-state index < -0.39 is 22.5 Å². The van der Waals surface area contributed by atoms with E-state index in [2.05, 4.69) is 0 Å². The van der Waals surface area contributed by atoms with Gasteiger partial charge in [-0.2, -0.15) is 4.68 Å². The Bertz CT molecular complexity index is 1060. The molecule has 158 valence electrons. The summed E-state index contributed by atoms with van der Waals surface area (Å²) in [6, 6.07) is 1.00. The molecule has 0 radical (unpaired) electrons. The minimum atomic E-state index is -0.774. The number of rotatable bonds is 5. The molecule has 2 fully saturated rings. The number of benzene rings is 1. The lowest BCUT2D eigenvalue weighted by molar-refractivity contribution is 0.0339. The summed E-state index contributed by atoms with van der Waals surface area (Å²) in [6.07, 6.45) is 2.48. The van der Waals surface area contributed by atoms with Gasteiger partial charge in [0.1, 0.15) is 11.2 Å². The van der Waals surface area contributed by atoms with Gasteiger partial charge in [0.2, 0.25) is 0 Å². The van der Waals surface area contributed by atoms with Gasteiger partial charge in [0.25, 0.3) is 5.56 Å². The molecule has 2 heterocycles. The number of nitrogen functional groups attached to an aromatic ring is 1. The second kappa shape index (κ2) is 7.03. The summed E-state index contributed by atoms with van der Waals surface area (Å²) < 4.78 is 22.6. The Hall–Kier alpha value is -2.59. The normalized spacial score (nSPS) is 19.0. The molecule has 0 atom stereocenters. The molecule has 4 N–H and O–H groups in total. The van der Waals surface area contributed by atoms with Crippen LogP contribution in [-0.4, -0.2) is 52.9 Å². The Labute approximate surface area is 165 Å². The van der Waals surface area contributed by atoms with Crippen LogP contribution in [0.4, 0.5) is 10.1 Å². The molecule has 29 heavy (non-hydrogen) atoms. The van der Waals surface area contributed by atoms with Crippen molar-refractivity contribution in [3.8, 4) is 5.75 Å². The molecule has 0 amide bonds. The average molecular weight is 408 g/mol. The van der Waals surface area contributed by atoms with Gasteiger partial charge in [0, 0.05) is 24.5 Å². The van der Waals surface area contributed by atoms with E-state index >= 15 is 4.39 Å². The summed E-state index contributed by atoms with van der Waals surface area (Å²) in [5.41, 5.74) is -1.60. The first-order valence-electron chi connectivity index (χ1n) is 9.67. The van der Waals surface area contributed by atoms with Crippen molar-refractivity contribution in [1.29, 1.82) is 0 Å². The Kier molecular flexibility index (Phi) is 4.78. The minimum Gasteiger partial charge on any atom is -0.492 e. The molecule has 10 heteroatoms. The van der Waals surface area contributed by atoms with Crippen LogP contribution in [0, 0.1) is 11.2 Å². The van der Waals surface area contributed by atoms with Gasteiger partial charge in [0.05, 0.1) is 25.7 Å². The van der Waals surface area contributed by atoms with Crippen molar-refractivity contribution < 1.29 is 19.3 Å². The molecule has 9 nitrogen and oxygen atoms in total. The summed E-state index contributed by atoms with van der Waals surface area (Å²) in [6.45, 7) is 0.487. The number of nitrogens with zero attached hydrogens (tertiary/aromatic N) is 3. The summed E-state index contributed by atoms with van der Waals surface area (Å²) in [5.74, 6) is 5.13. The smallest absolute Gasteiger partial charge is 0.350 e. The van der Waals surface area contributed by atoms with E-state index in [9.17, 15) is 19.8 Å². The fraction of sp³-hybridized carbons (Fsp3) is 0.579. The Morgan fingerprint density at radius 1 is 1.24 bits per heavy atom. The van der Waals surface area contributed by atoms with Crippen molar-refractivity contribution in [3.05, 3.63) is 32.7 Å². The maximum atomic E-state index is 15.2. The van der Waals surface area contributed by atoms with Crippen LogP contribution in [0.1, 0.15) is 31.7 Å². The number of ether oxygens (including phenoxy) is 1. The number of methoxy groups -OCH3 is 1. The third kappa shape index (κ3) is 2.98. The fourth-order valence-corrected chi connectivity index (χ4v) is 4.17. The summed E-state index contributed by atoms with van der Waals surface area (Å²) >= 11 is 0. The van der Waals surface area contributed by atoms with Crippen LogP contribution < -0.4 is 26.7 Å². The molecular weight excluding hydrogens is 383 g/mol. The van der Waals surface area contributed by atoms with E-state index in [1.54, 1.807) is 4.90 Å². The van der Waals surface area contributed by atoms with Crippen molar-refractivity contribution in [2.45, 2.75) is 31.7 Å². The molecule has 0 bridgehead atoms. The highest BCUT2D eigenvalue weighted by Crippen LogP contribution is 2.44. The van der Waals surface area contributed by atoms with Crippen LogP contribution in [-0.2, 0) is 0 Å². The van der Waals surface area contributed by atoms with E-state index in [0.717, 1.165) is 18.9 Å². The lowest BCUT2D eigenvalue weighted by Crippen LogP contribution is -2.45. The average Bonchev–Trinajstić information content (AvgIpc) is 3.57. The quantitative estimate of drug-likeness (QED) is 0.592. The molecule has 4 rings (SSSR count). The number of fused-ring (bicyclic) bond motifs is 1. The number of anilines is 1. The van der Waals surface area contributed by atoms with Gasteiger partial charge in [-0.15, -0.1) is 0 Å². The first-order valence-corrected chi connectivity index (χ1v) is 9.67.